The number of likely N-dealkylation sites (tertiary alicyclic amines) is 1. The number of hydrogen-bond acceptors (Lipinski definition) is 3. The lowest BCUT2D eigenvalue weighted by Crippen LogP contribution is -2.35. The molecule has 3 atom stereocenters. The molecule has 3 unspecified atom stereocenters. The Kier molecular flexibility index (Phi) is 3.71. The van der Waals surface area contributed by atoms with Crippen LogP contribution in [0.25, 0.3) is 0 Å². The second kappa shape index (κ2) is 5.19. The summed E-state index contributed by atoms with van der Waals surface area (Å²) < 4.78 is 0. The van der Waals surface area contributed by atoms with E-state index in [9.17, 15) is 0 Å². The van der Waals surface area contributed by atoms with E-state index in [1.807, 2.05) is 11.3 Å². The molecule has 3 rings (SSSR count). The van der Waals surface area contributed by atoms with Crippen LogP contribution in [0.2, 0.25) is 0 Å². The Bertz CT molecular complexity index is 450. The van der Waals surface area contributed by atoms with Gasteiger partial charge in [0.25, 0.3) is 0 Å². The van der Waals surface area contributed by atoms with E-state index >= 15 is 0 Å². The highest BCUT2D eigenvalue weighted by molar-refractivity contribution is 7.12. The van der Waals surface area contributed by atoms with Gasteiger partial charge in [-0.15, -0.1) is 11.3 Å². The number of nitrogens with zero attached hydrogens (tertiary/aromatic N) is 1. The fourth-order valence-electron chi connectivity index (χ4n) is 3.62. The van der Waals surface area contributed by atoms with Gasteiger partial charge in [-0.05, 0) is 58.6 Å². The lowest BCUT2D eigenvalue weighted by molar-refractivity contribution is 0.254. The molecule has 0 spiro atoms. The lowest BCUT2D eigenvalue weighted by Gasteiger charge is -2.21. The SMILES string of the molecule is Cc1cc(C(C)NC2CC(C)N(C3CC3)C2)c(C)s1. The fourth-order valence-corrected chi connectivity index (χ4v) is 4.64. The average molecular weight is 278 g/mol. The normalized spacial score (nSPS) is 29.9. The van der Waals surface area contributed by atoms with Crippen LogP contribution in [0.15, 0.2) is 6.07 Å². The Morgan fingerprint density at radius 1 is 1.37 bits per heavy atom. The van der Waals surface area contributed by atoms with E-state index in [-0.39, 0.29) is 0 Å². The zero-order chi connectivity index (χ0) is 13.6. The van der Waals surface area contributed by atoms with Gasteiger partial charge in [-0.3, -0.25) is 4.90 Å². The second-order valence-corrected chi connectivity index (χ2v) is 7.93. The molecule has 0 amide bonds. The first-order chi connectivity index (χ1) is 9.04. The summed E-state index contributed by atoms with van der Waals surface area (Å²) in [5, 5.41) is 3.86. The molecule has 2 nitrogen and oxygen atoms in total. The molecular formula is C16H26N2S. The molecule has 1 aromatic heterocycles. The summed E-state index contributed by atoms with van der Waals surface area (Å²) in [5.41, 5.74) is 1.50. The molecular weight excluding hydrogens is 252 g/mol. The van der Waals surface area contributed by atoms with Gasteiger partial charge in [0.05, 0.1) is 0 Å². The van der Waals surface area contributed by atoms with E-state index in [1.165, 1.54) is 41.1 Å². The van der Waals surface area contributed by atoms with Crippen molar-refractivity contribution in [1.82, 2.24) is 10.2 Å². The van der Waals surface area contributed by atoms with Crippen LogP contribution in [-0.4, -0.2) is 29.6 Å². The van der Waals surface area contributed by atoms with Gasteiger partial charge >= 0.3 is 0 Å². The molecule has 3 heteroatoms. The van der Waals surface area contributed by atoms with Crippen molar-refractivity contribution in [2.24, 2.45) is 0 Å². The van der Waals surface area contributed by atoms with Crippen LogP contribution in [0.4, 0.5) is 0 Å². The predicted octanol–water partition coefficient (Wildman–Crippen LogP) is 3.64. The molecule has 106 valence electrons. The summed E-state index contributed by atoms with van der Waals surface area (Å²) in [6, 6.07) is 5.19. The van der Waals surface area contributed by atoms with Gasteiger partial charge in [-0.2, -0.15) is 0 Å². The largest absolute Gasteiger partial charge is 0.306 e. The third kappa shape index (κ3) is 2.88. The second-order valence-electron chi connectivity index (χ2n) is 6.47. The van der Waals surface area contributed by atoms with Crippen molar-refractivity contribution >= 4 is 11.3 Å². The van der Waals surface area contributed by atoms with Crippen LogP contribution in [0.3, 0.4) is 0 Å². The van der Waals surface area contributed by atoms with Gasteiger partial charge in [0.2, 0.25) is 0 Å². The summed E-state index contributed by atoms with van der Waals surface area (Å²) in [5.74, 6) is 0. The first kappa shape index (κ1) is 13.6. The van der Waals surface area contributed by atoms with E-state index in [0.717, 1.165) is 12.1 Å². The Balaban J connectivity index is 1.61. The minimum Gasteiger partial charge on any atom is -0.306 e. The van der Waals surface area contributed by atoms with Crippen LogP contribution in [0.5, 0.6) is 0 Å². The van der Waals surface area contributed by atoms with Gasteiger partial charge in [-0.1, -0.05) is 0 Å². The van der Waals surface area contributed by atoms with Crippen LogP contribution >= 0.6 is 11.3 Å². The predicted molar refractivity (Wildman–Crippen MR) is 82.9 cm³/mol. The molecule has 2 fully saturated rings. The maximum absolute atomic E-state index is 3.86. The zero-order valence-electron chi connectivity index (χ0n) is 12.6. The van der Waals surface area contributed by atoms with Gasteiger partial charge in [0.15, 0.2) is 0 Å². The molecule has 1 aromatic rings. The van der Waals surface area contributed by atoms with Gasteiger partial charge in [-0.25, -0.2) is 0 Å². The summed E-state index contributed by atoms with van der Waals surface area (Å²) in [6.07, 6.45) is 4.16. The molecule has 2 aliphatic rings. The highest BCUT2D eigenvalue weighted by Crippen LogP contribution is 2.34. The van der Waals surface area contributed by atoms with Crippen molar-refractivity contribution in [3.8, 4) is 0 Å². The van der Waals surface area contributed by atoms with Crippen LogP contribution in [0, 0.1) is 13.8 Å². The van der Waals surface area contributed by atoms with Crippen molar-refractivity contribution in [1.29, 1.82) is 0 Å². The highest BCUT2D eigenvalue weighted by Gasteiger charge is 2.38. The molecule has 1 aliphatic heterocycles. The average Bonchev–Trinajstić information content (AvgIpc) is 3.03. The van der Waals surface area contributed by atoms with Crippen LogP contribution < -0.4 is 5.32 Å². The Labute approximate surface area is 121 Å². The molecule has 1 saturated heterocycles. The number of nitrogens with one attached hydrogen (secondary N) is 1. The monoisotopic (exact) mass is 278 g/mol. The summed E-state index contributed by atoms with van der Waals surface area (Å²) in [6.45, 7) is 10.4. The van der Waals surface area contributed by atoms with E-state index in [2.05, 4.69) is 44.0 Å². The zero-order valence-corrected chi connectivity index (χ0v) is 13.4. The molecule has 2 heterocycles. The Morgan fingerprint density at radius 3 is 2.68 bits per heavy atom. The molecule has 1 saturated carbocycles. The van der Waals surface area contributed by atoms with Gasteiger partial charge in [0, 0.05) is 40.5 Å². The first-order valence-electron chi connectivity index (χ1n) is 7.63. The van der Waals surface area contributed by atoms with Crippen LogP contribution in [0.1, 0.15) is 54.5 Å². The summed E-state index contributed by atoms with van der Waals surface area (Å²) in [4.78, 5) is 5.62. The maximum Gasteiger partial charge on any atom is 0.0305 e. The third-order valence-electron chi connectivity index (χ3n) is 4.67. The van der Waals surface area contributed by atoms with Gasteiger partial charge < -0.3 is 5.32 Å². The molecule has 19 heavy (non-hydrogen) atoms. The molecule has 0 aromatic carbocycles. The quantitative estimate of drug-likeness (QED) is 0.904. The number of rotatable bonds is 4. The van der Waals surface area contributed by atoms with Gasteiger partial charge in [0.1, 0.15) is 0 Å². The van der Waals surface area contributed by atoms with Crippen molar-refractivity contribution in [3.63, 3.8) is 0 Å². The molecule has 1 aliphatic carbocycles. The van der Waals surface area contributed by atoms with Crippen molar-refractivity contribution in [3.05, 3.63) is 21.4 Å². The van der Waals surface area contributed by atoms with E-state index in [1.54, 1.807) is 0 Å². The number of thiophene rings is 1. The number of hydrogen-bond donors (Lipinski definition) is 1. The van der Waals surface area contributed by atoms with Crippen molar-refractivity contribution in [2.75, 3.05) is 6.54 Å². The molecule has 0 bridgehead atoms. The van der Waals surface area contributed by atoms with E-state index < -0.39 is 0 Å². The summed E-state index contributed by atoms with van der Waals surface area (Å²) >= 11 is 1.92. The summed E-state index contributed by atoms with van der Waals surface area (Å²) in [7, 11) is 0. The van der Waals surface area contributed by atoms with Crippen LogP contribution in [-0.2, 0) is 0 Å². The maximum atomic E-state index is 3.86. The van der Waals surface area contributed by atoms with Crippen molar-refractivity contribution in [2.45, 2.75) is 71.1 Å². The van der Waals surface area contributed by atoms with E-state index in [0.29, 0.717) is 12.1 Å². The topological polar surface area (TPSA) is 15.3 Å². The minimum absolute atomic E-state index is 0.487. The number of aryl methyl sites for hydroxylation is 2. The molecule has 0 radical (unpaired) electrons. The lowest BCUT2D eigenvalue weighted by atomic mass is 10.1. The highest BCUT2D eigenvalue weighted by atomic mass is 32.1. The minimum atomic E-state index is 0.487. The first-order valence-corrected chi connectivity index (χ1v) is 8.45. The Morgan fingerprint density at radius 2 is 2.11 bits per heavy atom. The Hall–Kier alpha value is -0.380. The van der Waals surface area contributed by atoms with Crippen molar-refractivity contribution < 1.29 is 0 Å². The molecule has 1 N–H and O–H groups in total. The smallest absolute Gasteiger partial charge is 0.0305 e. The third-order valence-corrected chi connectivity index (χ3v) is 5.65. The van der Waals surface area contributed by atoms with E-state index in [4.69, 9.17) is 0 Å². The standard InChI is InChI=1S/C16H26N2S/c1-10-7-14(9-18(10)15-5-6-15)17-12(3)16-8-11(2)19-13(16)4/h8,10,12,14-15,17H,5-7,9H2,1-4H3. The fraction of sp³-hybridized carbons (Fsp3) is 0.750.